The molecule has 10 nitrogen and oxygen atoms in total. The lowest BCUT2D eigenvalue weighted by Gasteiger charge is -2.29. The molecule has 3 N–H and O–H groups in total. The van der Waals surface area contributed by atoms with Crippen molar-refractivity contribution in [2.24, 2.45) is 0 Å². The molecule has 10 heteroatoms. The van der Waals surface area contributed by atoms with Crippen LogP contribution in [0.5, 0.6) is 5.75 Å². The second kappa shape index (κ2) is 12.6. The van der Waals surface area contributed by atoms with E-state index < -0.39 is 29.8 Å². The predicted octanol–water partition coefficient (Wildman–Crippen LogP) is 1.28. The Balaban J connectivity index is 1.67. The summed E-state index contributed by atoms with van der Waals surface area (Å²) in [6, 6.07) is 5.05. The van der Waals surface area contributed by atoms with Crippen LogP contribution in [0.4, 0.5) is 0 Å². The summed E-state index contributed by atoms with van der Waals surface area (Å²) in [5.74, 6) is -2.59. The Morgan fingerprint density at radius 3 is 2.06 bits per heavy atom. The van der Waals surface area contributed by atoms with Gasteiger partial charge in [-0.15, -0.1) is 0 Å². The zero-order valence-corrected chi connectivity index (χ0v) is 18.8. The third-order valence-corrected chi connectivity index (χ3v) is 5.80. The second-order valence-electron chi connectivity index (χ2n) is 8.47. The molecule has 2 saturated heterocycles. The van der Waals surface area contributed by atoms with Crippen LogP contribution in [0.1, 0.15) is 44.1 Å². The highest BCUT2D eigenvalue weighted by atomic mass is 16.7. The number of hydrogen-bond acceptors (Lipinski definition) is 8. The number of Topliss-reactive ketones (excluding diaryl/α,β-unsaturated/α-hetero) is 1. The topological polar surface area (TPSA) is 129 Å². The maximum Gasteiger partial charge on any atom is 0.342 e. The lowest BCUT2D eigenvalue weighted by molar-refractivity contribution is -0.215. The van der Waals surface area contributed by atoms with Gasteiger partial charge in [0, 0.05) is 26.2 Å². The van der Waals surface area contributed by atoms with E-state index >= 15 is 0 Å². The lowest BCUT2D eigenvalue weighted by Crippen LogP contribution is -2.52. The molecule has 0 saturated carbocycles. The van der Waals surface area contributed by atoms with Gasteiger partial charge in [0.05, 0.1) is 6.04 Å². The van der Waals surface area contributed by atoms with E-state index in [4.69, 9.17) is 9.68 Å². The molecule has 3 rings (SSSR count). The first-order valence-electron chi connectivity index (χ1n) is 11.6. The number of piperidine rings is 2. The number of phenols is 1. The molecule has 0 spiro atoms. The average Bonchev–Trinajstić information content (AvgIpc) is 2.83. The predicted molar refractivity (Wildman–Crippen MR) is 118 cm³/mol. The number of amides is 1. The van der Waals surface area contributed by atoms with Crippen LogP contribution < -0.4 is 5.32 Å². The monoisotopic (exact) mass is 463 g/mol. The van der Waals surface area contributed by atoms with Gasteiger partial charge in [0.25, 0.3) is 0 Å². The Morgan fingerprint density at radius 1 is 0.909 bits per heavy atom. The van der Waals surface area contributed by atoms with Crippen molar-refractivity contribution in [3.8, 4) is 5.75 Å². The van der Waals surface area contributed by atoms with E-state index in [2.05, 4.69) is 5.32 Å². The number of rotatable bonds is 11. The minimum absolute atomic E-state index is 0.0572. The van der Waals surface area contributed by atoms with E-state index in [0.29, 0.717) is 18.7 Å². The molecule has 2 heterocycles. The van der Waals surface area contributed by atoms with Crippen molar-refractivity contribution in [3.05, 3.63) is 29.8 Å². The van der Waals surface area contributed by atoms with Gasteiger partial charge < -0.3 is 15.5 Å². The van der Waals surface area contributed by atoms with Gasteiger partial charge in [0.15, 0.2) is 5.78 Å². The molecule has 1 unspecified atom stereocenters. The van der Waals surface area contributed by atoms with Crippen LogP contribution >= 0.6 is 0 Å². The fourth-order valence-corrected chi connectivity index (χ4v) is 3.99. The molecule has 0 bridgehead atoms. The standard InChI is InChI=1S/C23H33N3O7/c27-18-9-7-17(8-10-18)15-19(24-20(28)16-32-25-11-3-1-4-12-25)21(29)22(23(30)31)33-26-13-5-2-6-14-26/h7-10,19,22,27H,1-6,11-16H2,(H,24,28)(H,30,31)/t19-,22?/m0/s1. The molecule has 2 aliphatic heterocycles. The molecule has 33 heavy (non-hydrogen) atoms. The number of carbonyl (C=O) groups excluding carboxylic acids is 2. The fraction of sp³-hybridized carbons (Fsp3) is 0.609. The number of benzene rings is 1. The highest BCUT2D eigenvalue weighted by molar-refractivity contribution is 6.05. The van der Waals surface area contributed by atoms with Crippen molar-refractivity contribution < 1.29 is 34.3 Å². The van der Waals surface area contributed by atoms with Crippen LogP contribution in [-0.2, 0) is 30.5 Å². The molecule has 0 aliphatic carbocycles. The Bertz CT molecular complexity index is 790. The largest absolute Gasteiger partial charge is 0.508 e. The fourth-order valence-electron chi connectivity index (χ4n) is 3.99. The van der Waals surface area contributed by atoms with Gasteiger partial charge in [-0.2, -0.15) is 10.1 Å². The highest BCUT2D eigenvalue weighted by Crippen LogP contribution is 2.16. The minimum atomic E-state index is -1.73. The van der Waals surface area contributed by atoms with Crippen molar-refractivity contribution >= 4 is 17.7 Å². The van der Waals surface area contributed by atoms with E-state index in [1.54, 1.807) is 17.2 Å². The number of aliphatic carboxylic acids is 1. The van der Waals surface area contributed by atoms with E-state index in [1.165, 1.54) is 17.2 Å². The zero-order valence-electron chi connectivity index (χ0n) is 18.8. The third kappa shape index (κ3) is 8.08. The first-order chi connectivity index (χ1) is 15.9. The number of carboxylic acids is 1. The van der Waals surface area contributed by atoms with Crippen LogP contribution in [-0.4, -0.2) is 82.9 Å². The maximum atomic E-state index is 13.2. The number of hydroxylamine groups is 4. The maximum absolute atomic E-state index is 13.2. The van der Waals surface area contributed by atoms with Gasteiger partial charge in [-0.3, -0.25) is 19.3 Å². The van der Waals surface area contributed by atoms with Crippen molar-refractivity contribution in [2.75, 3.05) is 32.8 Å². The average molecular weight is 464 g/mol. The molecule has 0 radical (unpaired) electrons. The molecule has 1 amide bonds. The molecule has 0 aromatic heterocycles. The molecular weight excluding hydrogens is 430 g/mol. The Kier molecular flexibility index (Phi) is 9.61. The first kappa shape index (κ1) is 25.1. The highest BCUT2D eigenvalue weighted by Gasteiger charge is 2.36. The van der Waals surface area contributed by atoms with Gasteiger partial charge in [-0.1, -0.05) is 25.0 Å². The number of nitrogens with zero attached hydrogens (tertiary/aromatic N) is 2. The van der Waals surface area contributed by atoms with Crippen LogP contribution in [0.25, 0.3) is 0 Å². The van der Waals surface area contributed by atoms with Crippen LogP contribution in [0.2, 0.25) is 0 Å². The summed E-state index contributed by atoms with van der Waals surface area (Å²) in [6.07, 6.45) is 4.21. The summed E-state index contributed by atoms with van der Waals surface area (Å²) in [6.45, 7) is 2.33. The summed E-state index contributed by atoms with van der Waals surface area (Å²) in [5, 5.41) is 25.1. The second-order valence-corrected chi connectivity index (χ2v) is 8.47. The molecule has 2 atom stereocenters. The Hall–Kier alpha value is -2.53. The Morgan fingerprint density at radius 2 is 1.48 bits per heavy atom. The van der Waals surface area contributed by atoms with Crippen molar-refractivity contribution in [1.82, 2.24) is 15.4 Å². The van der Waals surface area contributed by atoms with Gasteiger partial charge in [0.2, 0.25) is 12.0 Å². The molecule has 1 aromatic rings. The number of phenolic OH excluding ortho intramolecular Hbond substituents is 1. The van der Waals surface area contributed by atoms with Crippen LogP contribution in [0, 0.1) is 0 Å². The van der Waals surface area contributed by atoms with Crippen molar-refractivity contribution in [2.45, 2.75) is 57.1 Å². The molecule has 2 aliphatic rings. The summed E-state index contributed by atoms with van der Waals surface area (Å²) >= 11 is 0. The first-order valence-corrected chi connectivity index (χ1v) is 11.6. The molecular formula is C23H33N3O7. The number of aromatic hydroxyl groups is 1. The van der Waals surface area contributed by atoms with E-state index in [-0.39, 0.29) is 18.8 Å². The summed E-state index contributed by atoms with van der Waals surface area (Å²) < 4.78 is 0. The summed E-state index contributed by atoms with van der Waals surface area (Å²) in [7, 11) is 0. The van der Waals surface area contributed by atoms with E-state index in [1.807, 2.05) is 0 Å². The van der Waals surface area contributed by atoms with Crippen molar-refractivity contribution in [3.63, 3.8) is 0 Å². The normalized spacial score (nSPS) is 19.5. The number of ketones is 1. The summed E-state index contributed by atoms with van der Waals surface area (Å²) in [5.41, 5.74) is 0.658. The van der Waals surface area contributed by atoms with Crippen LogP contribution in [0.15, 0.2) is 24.3 Å². The quantitative estimate of drug-likeness (QED) is 0.416. The van der Waals surface area contributed by atoms with E-state index in [9.17, 15) is 24.6 Å². The molecule has 2 fully saturated rings. The number of carboxylic acid groups (broad SMARTS) is 1. The van der Waals surface area contributed by atoms with Gasteiger partial charge >= 0.3 is 5.97 Å². The van der Waals surface area contributed by atoms with Crippen LogP contribution in [0.3, 0.4) is 0 Å². The number of hydrogen-bond donors (Lipinski definition) is 3. The SMILES string of the molecule is O=C(CON1CCCCC1)N[C@@H](Cc1ccc(O)cc1)C(=O)C(ON1CCCCC1)C(=O)O. The number of carbonyl (C=O) groups is 3. The molecule has 1 aromatic carbocycles. The minimum Gasteiger partial charge on any atom is -0.508 e. The third-order valence-electron chi connectivity index (χ3n) is 5.80. The smallest absolute Gasteiger partial charge is 0.342 e. The Labute approximate surface area is 193 Å². The van der Waals surface area contributed by atoms with Gasteiger partial charge in [-0.05, 0) is 49.8 Å². The zero-order chi connectivity index (χ0) is 23.6. The number of nitrogens with one attached hydrogen (secondary N) is 1. The molecule has 182 valence electrons. The van der Waals surface area contributed by atoms with Gasteiger partial charge in [-0.25, -0.2) is 4.79 Å². The van der Waals surface area contributed by atoms with Crippen molar-refractivity contribution in [1.29, 1.82) is 0 Å². The lowest BCUT2D eigenvalue weighted by atomic mass is 9.99. The van der Waals surface area contributed by atoms with Gasteiger partial charge in [0.1, 0.15) is 12.4 Å². The van der Waals surface area contributed by atoms with E-state index in [0.717, 1.165) is 51.6 Å². The summed E-state index contributed by atoms with van der Waals surface area (Å²) in [4.78, 5) is 48.8.